The van der Waals surface area contributed by atoms with Gasteiger partial charge in [-0.3, -0.25) is 4.79 Å². The summed E-state index contributed by atoms with van der Waals surface area (Å²) in [7, 11) is 0. The molecule has 0 unspecified atom stereocenters. The monoisotopic (exact) mass is 250 g/mol. The van der Waals surface area contributed by atoms with Gasteiger partial charge in [0.1, 0.15) is 5.76 Å². The fourth-order valence-corrected chi connectivity index (χ4v) is 1.67. The van der Waals surface area contributed by atoms with Gasteiger partial charge in [0.25, 0.3) is 5.91 Å². The average molecular weight is 251 g/mol. The number of rotatable bonds is 3. The number of benzene rings is 1. The normalized spacial score (nSPS) is 10.2. The zero-order chi connectivity index (χ0) is 12.3. The molecular formula is C12H11ClN2O2. The Balaban J connectivity index is 2.04. The Morgan fingerprint density at radius 1 is 1.41 bits per heavy atom. The summed E-state index contributed by atoms with van der Waals surface area (Å²) < 4.78 is 5.10. The predicted octanol–water partition coefficient (Wildman–Crippen LogP) is 2.45. The summed E-state index contributed by atoms with van der Waals surface area (Å²) in [5.41, 5.74) is 6.50. The Kier molecular flexibility index (Phi) is 3.35. The zero-order valence-electron chi connectivity index (χ0n) is 8.94. The second-order valence-corrected chi connectivity index (χ2v) is 3.97. The van der Waals surface area contributed by atoms with E-state index in [4.69, 9.17) is 21.8 Å². The van der Waals surface area contributed by atoms with Crippen molar-refractivity contribution in [2.24, 2.45) is 0 Å². The molecule has 0 aliphatic carbocycles. The summed E-state index contributed by atoms with van der Waals surface area (Å²) in [4.78, 5) is 11.8. The maximum atomic E-state index is 11.8. The van der Waals surface area contributed by atoms with Crippen molar-refractivity contribution in [1.82, 2.24) is 5.32 Å². The van der Waals surface area contributed by atoms with Crippen molar-refractivity contribution >= 4 is 23.2 Å². The minimum absolute atomic E-state index is 0.240. The lowest BCUT2D eigenvalue weighted by Gasteiger charge is -2.05. The van der Waals surface area contributed by atoms with Crippen molar-refractivity contribution < 1.29 is 9.21 Å². The van der Waals surface area contributed by atoms with Crippen LogP contribution in [0.2, 0.25) is 5.02 Å². The number of nitrogens with one attached hydrogen (secondary N) is 1. The van der Waals surface area contributed by atoms with Crippen LogP contribution in [0.4, 0.5) is 5.69 Å². The highest BCUT2D eigenvalue weighted by atomic mass is 35.5. The van der Waals surface area contributed by atoms with Gasteiger partial charge in [-0.2, -0.15) is 0 Å². The molecule has 1 aromatic heterocycles. The van der Waals surface area contributed by atoms with Gasteiger partial charge >= 0.3 is 0 Å². The molecule has 0 atom stereocenters. The van der Waals surface area contributed by atoms with Gasteiger partial charge in [0, 0.05) is 16.3 Å². The lowest BCUT2D eigenvalue weighted by molar-refractivity contribution is 0.0948. The fourth-order valence-electron chi connectivity index (χ4n) is 1.43. The van der Waals surface area contributed by atoms with E-state index in [0.29, 0.717) is 28.6 Å². The molecule has 4 nitrogen and oxygen atoms in total. The summed E-state index contributed by atoms with van der Waals surface area (Å²) in [5.74, 6) is 0.448. The molecule has 1 heterocycles. The van der Waals surface area contributed by atoms with Crippen LogP contribution in [-0.4, -0.2) is 5.91 Å². The van der Waals surface area contributed by atoms with E-state index in [1.165, 1.54) is 0 Å². The highest BCUT2D eigenvalue weighted by Gasteiger charge is 2.07. The van der Waals surface area contributed by atoms with Crippen LogP contribution in [0.15, 0.2) is 41.0 Å². The van der Waals surface area contributed by atoms with Crippen LogP contribution in [0.25, 0.3) is 0 Å². The smallest absolute Gasteiger partial charge is 0.251 e. The van der Waals surface area contributed by atoms with E-state index in [1.807, 2.05) is 0 Å². The summed E-state index contributed by atoms with van der Waals surface area (Å²) in [6.45, 7) is 0.332. The molecule has 88 valence electrons. The Bertz CT molecular complexity index is 503. The molecule has 0 saturated heterocycles. The molecule has 17 heavy (non-hydrogen) atoms. The molecule has 0 aliphatic heterocycles. The molecule has 1 amide bonds. The zero-order valence-corrected chi connectivity index (χ0v) is 9.70. The number of hydrogen-bond acceptors (Lipinski definition) is 3. The minimum Gasteiger partial charge on any atom is -0.467 e. The number of carbonyl (C=O) groups excluding carboxylic acids is 1. The van der Waals surface area contributed by atoms with Gasteiger partial charge in [-0.05, 0) is 30.3 Å². The number of halogens is 1. The summed E-state index contributed by atoms with van der Waals surface area (Å²) >= 11 is 5.82. The van der Waals surface area contributed by atoms with Gasteiger partial charge in [0.2, 0.25) is 0 Å². The first-order valence-corrected chi connectivity index (χ1v) is 5.39. The molecule has 2 rings (SSSR count). The number of carbonyl (C=O) groups is 1. The van der Waals surface area contributed by atoms with Gasteiger partial charge in [-0.25, -0.2) is 0 Å². The van der Waals surface area contributed by atoms with Crippen molar-refractivity contribution in [2.45, 2.75) is 6.54 Å². The van der Waals surface area contributed by atoms with Gasteiger partial charge in [0.15, 0.2) is 0 Å². The highest BCUT2D eigenvalue weighted by Crippen LogP contribution is 2.16. The Hall–Kier alpha value is -1.94. The Morgan fingerprint density at radius 2 is 2.24 bits per heavy atom. The summed E-state index contributed by atoms with van der Waals surface area (Å²) in [5, 5.41) is 3.15. The van der Waals surface area contributed by atoms with Crippen LogP contribution < -0.4 is 11.1 Å². The van der Waals surface area contributed by atoms with Crippen molar-refractivity contribution in [1.29, 1.82) is 0 Å². The van der Waals surface area contributed by atoms with Crippen LogP contribution in [0.5, 0.6) is 0 Å². The SMILES string of the molecule is Nc1cc(Cl)cc(C(=O)NCc2ccco2)c1. The molecule has 5 heteroatoms. The lowest BCUT2D eigenvalue weighted by Crippen LogP contribution is -2.22. The topological polar surface area (TPSA) is 68.3 Å². The number of amides is 1. The van der Waals surface area contributed by atoms with E-state index in [2.05, 4.69) is 5.32 Å². The predicted molar refractivity (Wildman–Crippen MR) is 65.7 cm³/mol. The van der Waals surface area contributed by atoms with Gasteiger partial charge in [0.05, 0.1) is 12.8 Å². The number of nitrogen functional groups attached to an aromatic ring is 1. The lowest BCUT2D eigenvalue weighted by atomic mass is 10.2. The Morgan fingerprint density at radius 3 is 2.88 bits per heavy atom. The quantitative estimate of drug-likeness (QED) is 0.822. The second kappa shape index (κ2) is 4.93. The molecule has 1 aromatic carbocycles. The number of hydrogen-bond donors (Lipinski definition) is 2. The third-order valence-electron chi connectivity index (χ3n) is 2.19. The van der Waals surface area contributed by atoms with Gasteiger partial charge in [-0.1, -0.05) is 11.6 Å². The first kappa shape index (κ1) is 11.5. The van der Waals surface area contributed by atoms with Crippen LogP contribution >= 0.6 is 11.6 Å². The van der Waals surface area contributed by atoms with E-state index in [0.717, 1.165) is 0 Å². The fraction of sp³-hybridized carbons (Fsp3) is 0.0833. The maximum absolute atomic E-state index is 11.8. The molecule has 2 aromatic rings. The van der Waals surface area contributed by atoms with E-state index in [1.54, 1.807) is 36.6 Å². The highest BCUT2D eigenvalue weighted by molar-refractivity contribution is 6.31. The maximum Gasteiger partial charge on any atom is 0.251 e. The van der Waals surface area contributed by atoms with Crippen molar-refractivity contribution in [3.8, 4) is 0 Å². The molecular weight excluding hydrogens is 240 g/mol. The van der Waals surface area contributed by atoms with Crippen LogP contribution in [-0.2, 0) is 6.54 Å². The standard InChI is InChI=1S/C12H11ClN2O2/c13-9-4-8(5-10(14)6-9)12(16)15-7-11-2-1-3-17-11/h1-6H,7,14H2,(H,15,16). The average Bonchev–Trinajstić information content (AvgIpc) is 2.77. The molecule has 0 spiro atoms. The van der Waals surface area contributed by atoms with E-state index in [9.17, 15) is 4.79 Å². The molecule has 0 saturated carbocycles. The molecule has 0 aliphatic rings. The van der Waals surface area contributed by atoms with Crippen molar-refractivity contribution in [3.63, 3.8) is 0 Å². The third kappa shape index (κ3) is 3.01. The van der Waals surface area contributed by atoms with E-state index < -0.39 is 0 Å². The van der Waals surface area contributed by atoms with Crippen LogP contribution in [0.1, 0.15) is 16.1 Å². The first-order valence-electron chi connectivity index (χ1n) is 5.02. The van der Waals surface area contributed by atoms with Crippen molar-refractivity contribution in [3.05, 3.63) is 52.9 Å². The first-order chi connectivity index (χ1) is 8.15. The second-order valence-electron chi connectivity index (χ2n) is 3.54. The van der Waals surface area contributed by atoms with Crippen LogP contribution in [0.3, 0.4) is 0 Å². The molecule has 0 radical (unpaired) electrons. The van der Waals surface area contributed by atoms with Gasteiger partial charge in [-0.15, -0.1) is 0 Å². The van der Waals surface area contributed by atoms with Gasteiger partial charge < -0.3 is 15.5 Å². The molecule has 0 fully saturated rings. The summed E-state index contributed by atoms with van der Waals surface area (Å²) in [6.07, 6.45) is 1.55. The largest absolute Gasteiger partial charge is 0.467 e. The van der Waals surface area contributed by atoms with Crippen LogP contribution in [0, 0.1) is 0 Å². The number of furan rings is 1. The third-order valence-corrected chi connectivity index (χ3v) is 2.40. The molecule has 0 bridgehead atoms. The summed E-state index contributed by atoms with van der Waals surface area (Å²) in [6, 6.07) is 8.27. The number of anilines is 1. The minimum atomic E-state index is -0.240. The molecule has 3 N–H and O–H groups in total. The van der Waals surface area contributed by atoms with E-state index in [-0.39, 0.29) is 5.91 Å². The Labute approximate surface area is 103 Å². The van der Waals surface area contributed by atoms with E-state index >= 15 is 0 Å². The number of nitrogens with two attached hydrogens (primary N) is 1. The van der Waals surface area contributed by atoms with Crippen molar-refractivity contribution in [2.75, 3.05) is 5.73 Å².